The molecular formula is C10H14N2O2S. The highest BCUT2D eigenvalue weighted by atomic mass is 32.1. The van der Waals surface area contributed by atoms with Crippen LogP contribution < -0.4 is 0 Å². The Bertz CT molecular complexity index is 364. The van der Waals surface area contributed by atoms with Crippen molar-refractivity contribution in [2.75, 3.05) is 19.7 Å². The molecule has 1 saturated heterocycles. The molecule has 1 amide bonds. The molecule has 1 atom stereocenters. The fourth-order valence-electron chi connectivity index (χ4n) is 1.79. The summed E-state index contributed by atoms with van der Waals surface area (Å²) in [6, 6.07) is 0. The summed E-state index contributed by atoms with van der Waals surface area (Å²) < 4.78 is 0. The van der Waals surface area contributed by atoms with Crippen molar-refractivity contribution < 1.29 is 9.90 Å². The summed E-state index contributed by atoms with van der Waals surface area (Å²) in [6.45, 7) is 3.45. The maximum Gasteiger partial charge on any atom is 0.273 e. The lowest BCUT2D eigenvalue weighted by Crippen LogP contribution is -2.29. The minimum absolute atomic E-state index is 0.00435. The Morgan fingerprint density at radius 1 is 1.80 bits per heavy atom. The van der Waals surface area contributed by atoms with Crippen molar-refractivity contribution in [3.8, 4) is 0 Å². The number of carbonyl (C=O) groups excluding carboxylic acids is 1. The minimum Gasteiger partial charge on any atom is -0.396 e. The summed E-state index contributed by atoms with van der Waals surface area (Å²) in [5, 5.41) is 11.7. The maximum absolute atomic E-state index is 11.9. The van der Waals surface area contributed by atoms with Crippen LogP contribution in [0.15, 0.2) is 5.38 Å². The third-order valence-electron chi connectivity index (χ3n) is 2.67. The molecule has 0 aromatic carbocycles. The van der Waals surface area contributed by atoms with Gasteiger partial charge in [-0.15, -0.1) is 11.3 Å². The van der Waals surface area contributed by atoms with Gasteiger partial charge in [0.25, 0.3) is 5.91 Å². The molecule has 1 unspecified atom stereocenters. The second kappa shape index (κ2) is 4.28. The van der Waals surface area contributed by atoms with Gasteiger partial charge in [0.1, 0.15) is 5.69 Å². The Morgan fingerprint density at radius 3 is 3.13 bits per heavy atom. The molecule has 0 aliphatic carbocycles. The average Bonchev–Trinajstić information content (AvgIpc) is 2.84. The van der Waals surface area contributed by atoms with Crippen LogP contribution in [0.2, 0.25) is 0 Å². The quantitative estimate of drug-likeness (QED) is 0.815. The molecule has 5 heteroatoms. The first kappa shape index (κ1) is 10.6. The first-order chi connectivity index (χ1) is 7.20. The van der Waals surface area contributed by atoms with Gasteiger partial charge in [0.05, 0.1) is 5.01 Å². The topological polar surface area (TPSA) is 53.4 Å². The number of aliphatic hydroxyl groups excluding tert-OH is 1. The van der Waals surface area contributed by atoms with E-state index >= 15 is 0 Å². The van der Waals surface area contributed by atoms with Gasteiger partial charge >= 0.3 is 0 Å². The van der Waals surface area contributed by atoms with E-state index in [-0.39, 0.29) is 18.4 Å². The van der Waals surface area contributed by atoms with Crippen LogP contribution in [0.25, 0.3) is 0 Å². The van der Waals surface area contributed by atoms with Crippen LogP contribution >= 0.6 is 11.3 Å². The first-order valence-corrected chi connectivity index (χ1v) is 5.91. The van der Waals surface area contributed by atoms with Crippen molar-refractivity contribution in [1.82, 2.24) is 9.88 Å². The van der Waals surface area contributed by atoms with Crippen LogP contribution in [-0.4, -0.2) is 40.6 Å². The number of hydrogen-bond acceptors (Lipinski definition) is 4. The van der Waals surface area contributed by atoms with Crippen molar-refractivity contribution in [2.24, 2.45) is 5.92 Å². The van der Waals surface area contributed by atoms with Crippen molar-refractivity contribution in [3.63, 3.8) is 0 Å². The maximum atomic E-state index is 11.9. The molecule has 1 aromatic rings. The highest BCUT2D eigenvalue weighted by molar-refractivity contribution is 7.09. The summed E-state index contributed by atoms with van der Waals surface area (Å²) >= 11 is 1.49. The SMILES string of the molecule is Cc1nc(C(=O)N2CCC(CO)C2)cs1. The predicted octanol–water partition coefficient (Wildman–Crippen LogP) is 0.906. The molecule has 2 heterocycles. The summed E-state index contributed by atoms with van der Waals surface area (Å²) in [7, 11) is 0. The number of rotatable bonds is 2. The van der Waals surface area contributed by atoms with Gasteiger partial charge in [0.2, 0.25) is 0 Å². The molecule has 1 fully saturated rings. The molecule has 0 bridgehead atoms. The Kier molecular flexibility index (Phi) is 3.02. The van der Waals surface area contributed by atoms with Gasteiger partial charge in [0, 0.05) is 31.0 Å². The molecule has 1 aliphatic rings. The molecular weight excluding hydrogens is 212 g/mol. The van der Waals surface area contributed by atoms with Crippen LogP contribution in [-0.2, 0) is 0 Å². The van der Waals surface area contributed by atoms with Gasteiger partial charge in [0.15, 0.2) is 0 Å². The number of likely N-dealkylation sites (tertiary alicyclic amines) is 1. The molecule has 1 aliphatic heterocycles. The second-order valence-corrected chi connectivity index (χ2v) is 4.90. The van der Waals surface area contributed by atoms with Gasteiger partial charge in [-0.05, 0) is 13.3 Å². The number of amides is 1. The lowest BCUT2D eigenvalue weighted by atomic mass is 10.1. The van der Waals surface area contributed by atoms with Crippen LogP contribution in [0.4, 0.5) is 0 Å². The number of aromatic nitrogens is 1. The van der Waals surface area contributed by atoms with Gasteiger partial charge in [-0.3, -0.25) is 4.79 Å². The fourth-order valence-corrected chi connectivity index (χ4v) is 2.38. The Hall–Kier alpha value is -0.940. The number of aliphatic hydroxyl groups is 1. The summed E-state index contributed by atoms with van der Waals surface area (Å²) in [5.41, 5.74) is 0.538. The van der Waals surface area contributed by atoms with Gasteiger partial charge in [-0.2, -0.15) is 0 Å². The Balaban J connectivity index is 2.03. The number of aryl methyl sites for hydroxylation is 1. The summed E-state index contributed by atoms with van der Waals surface area (Å²) in [4.78, 5) is 17.9. The largest absolute Gasteiger partial charge is 0.396 e. The molecule has 1 aromatic heterocycles. The third-order valence-corrected chi connectivity index (χ3v) is 3.44. The van der Waals surface area contributed by atoms with E-state index in [1.165, 1.54) is 11.3 Å². The van der Waals surface area contributed by atoms with Gasteiger partial charge in [-0.25, -0.2) is 4.98 Å². The zero-order chi connectivity index (χ0) is 10.8. The number of nitrogens with zero attached hydrogens (tertiary/aromatic N) is 2. The molecule has 0 radical (unpaired) electrons. The predicted molar refractivity (Wildman–Crippen MR) is 57.9 cm³/mol. The number of carbonyl (C=O) groups is 1. The average molecular weight is 226 g/mol. The highest BCUT2D eigenvalue weighted by Gasteiger charge is 2.27. The van der Waals surface area contributed by atoms with Gasteiger partial charge in [-0.1, -0.05) is 0 Å². The van der Waals surface area contributed by atoms with E-state index in [4.69, 9.17) is 5.11 Å². The molecule has 0 saturated carbocycles. The van der Waals surface area contributed by atoms with Crippen molar-refractivity contribution in [1.29, 1.82) is 0 Å². The van der Waals surface area contributed by atoms with Crippen LogP contribution in [0, 0.1) is 12.8 Å². The van der Waals surface area contributed by atoms with E-state index < -0.39 is 0 Å². The second-order valence-electron chi connectivity index (χ2n) is 3.84. The van der Waals surface area contributed by atoms with E-state index in [1.807, 2.05) is 6.92 Å². The molecule has 15 heavy (non-hydrogen) atoms. The molecule has 0 spiro atoms. The minimum atomic E-state index is -0.00435. The zero-order valence-corrected chi connectivity index (χ0v) is 9.46. The van der Waals surface area contributed by atoms with Gasteiger partial charge < -0.3 is 10.0 Å². The molecule has 4 nitrogen and oxygen atoms in total. The summed E-state index contributed by atoms with van der Waals surface area (Å²) in [5.74, 6) is 0.240. The lowest BCUT2D eigenvalue weighted by molar-refractivity contribution is 0.0776. The highest BCUT2D eigenvalue weighted by Crippen LogP contribution is 2.18. The smallest absolute Gasteiger partial charge is 0.273 e. The normalized spacial score (nSPS) is 20.9. The standard InChI is InChI=1S/C10H14N2O2S/c1-7-11-9(6-15-7)10(14)12-3-2-8(4-12)5-13/h6,8,13H,2-5H2,1H3. The number of hydrogen-bond donors (Lipinski definition) is 1. The summed E-state index contributed by atoms with van der Waals surface area (Å²) in [6.07, 6.45) is 0.894. The molecule has 1 N–H and O–H groups in total. The van der Waals surface area contributed by atoms with E-state index in [0.717, 1.165) is 18.0 Å². The van der Waals surface area contributed by atoms with Crippen LogP contribution in [0.5, 0.6) is 0 Å². The first-order valence-electron chi connectivity index (χ1n) is 5.03. The fraction of sp³-hybridized carbons (Fsp3) is 0.600. The van der Waals surface area contributed by atoms with Crippen LogP contribution in [0.3, 0.4) is 0 Å². The monoisotopic (exact) mass is 226 g/mol. The Labute approximate surface area is 92.6 Å². The van der Waals surface area contributed by atoms with Crippen LogP contribution in [0.1, 0.15) is 21.9 Å². The van der Waals surface area contributed by atoms with E-state index in [0.29, 0.717) is 12.2 Å². The molecule has 82 valence electrons. The van der Waals surface area contributed by atoms with Crippen molar-refractivity contribution in [3.05, 3.63) is 16.1 Å². The van der Waals surface area contributed by atoms with Crippen molar-refractivity contribution >= 4 is 17.2 Å². The van der Waals surface area contributed by atoms with E-state index in [2.05, 4.69) is 4.98 Å². The number of thiazole rings is 1. The van der Waals surface area contributed by atoms with E-state index in [9.17, 15) is 4.79 Å². The lowest BCUT2D eigenvalue weighted by Gasteiger charge is -2.14. The van der Waals surface area contributed by atoms with E-state index in [1.54, 1.807) is 10.3 Å². The molecule has 2 rings (SSSR count). The van der Waals surface area contributed by atoms with Crippen molar-refractivity contribution in [2.45, 2.75) is 13.3 Å². The zero-order valence-electron chi connectivity index (χ0n) is 8.64. The Morgan fingerprint density at radius 2 is 2.60 bits per heavy atom. The third kappa shape index (κ3) is 2.18.